The van der Waals surface area contributed by atoms with Crippen LogP contribution in [0.2, 0.25) is 0 Å². The maximum absolute atomic E-state index is 12.0. The van der Waals surface area contributed by atoms with E-state index in [1.807, 2.05) is 12.1 Å². The van der Waals surface area contributed by atoms with Crippen LogP contribution in [0, 0.1) is 5.92 Å². The SMILES string of the molecule is CS(=O)(=O)N1C[C@H]2C[C@@H](CC(=O)NCc3cccnc3)O[C@H]2C1. The summed E-state index contributed by atoms with van der Waals surface area (Å²) in [6.07, 6.45) is 5.47. The average Bonchev–Trinajstić information content (AvgIpc) is 3.04. The Morgan fingerprint density at radius 3 is 2.96 bits per heavy atom. The molecule has 1 amide bonds. The highest BCUT2D eigenvalue weighted by atomic mass is 32.2. The molecule has 1 aromatic heterocycles. The van der Waals surface area contributed by atoms with Crippen LogP contribution in [0.1, 0.15) is 18.4 Å². The van der Waals surface area contributed by atoms with Crippen LogP contribution in [0.4, 0.5) is 0 Å². The molecule has 0 bridgehead atoms. The van der Waals surface area contributed by atoms with Gasteiger partial charge in [-0.05, 0) is 18.1 Å². The second kappa shape index (κ2) is 6.54. The van der Waals surface area contributed by atoms with Crippen LogP contribution in [0.3, 0.4) is 0 Å². The monoisotopic (exact) mass is 339 g/mol. The van der Waals surface area contributed by atoms with Crippen molar-refractivity contribution in [2.45, 2.75) is 31.6 Å². The molecule has 1 aromatic rings. The topological polar surface area (TPSA) is 88.6 Å². The number of carbonyl (C=O) groups excluding carboxylic acids is 1. The molecule has 0 saturated carbocycles. The predicted octanol–water partition coefficient (Wildman–Crippen LogP) is 0.137. The minimum Gasteiger partial charge on any atom is -0.373 e. The van der Waals surface area contributed by atoms with E-state index in [-0.39, 0.29) is 24.0 Å². The summed E-state index contributed by atoms with van der Waals surface area (Å²) in [6, 6.07) is 3.74. The van der Waals surface area contributed by atoms with Crippen molar-refractivity contribution in [3.63, 3.8) is 0 Å². The van der Waals surface area contributed by atoms with Crippen LogP contribution in [0.25, 0.3) is 0 Å². The molecule has 7 nitrogen and oxygen atoms in total. The van der Waals surface area contributed by atoms with Gasteiger partial charge in [0.2, 0.25) is 15.9 Å². The van der Waals surface area contributed by atoms with Crippen molar-refractivity contribution < 1.29 is 17.9 Å². The van der Waals surface area contributed by atoms with E-state index in [4.69, 9.17) is 4.74 Å². The third-order valence-corrected chi connectivity index (χ3v) is 5.61. The Kier molecular flexibility index (Phi) is 4.65. The Balaban J connectivity index is 1.44. The molecule has 0 radical (unpaired) electrons. The zero-order valence-electron chi connectivity index (χ0n) is 13.0. The first-order valence-electron chi connectivity index (χ1n) is 7.68. The second-order valence-electron chi connectivity index (χ2n) is 6.21. The average molecular weight is 339 g/mol. The van der Waals surface area contributed by atoms with E-state index >= 15 is 0 Å². The summed E-state index contributed by atoms with van der Waals surface area (Å²) < 4.78 is 30.4. The van der Waals surface area contributed by atoms with Gasteiger partial charge >= 0.3 is 0 Å². The Morgan fingerprint density at radius 2 is 2.30 bits per heavy atom. The molecule has 8 heteroatoms. The lowest BCUT2D eigenvalue weighted by molar-refractivity contribution is -0.123. The fraction of sp³-hybridized carbons (Fsp3) is 0.600. The fourth-order valence-corrected chi connectivity index (χ4v) is 4.09. The number of hydrogen-bond acceptors (Lipinski definition) is 5. The van der Waals surface area contributed by atoms with Crippen molar-refractivity contribution in [3.05, 3.63) is 30.1 Å². The normalized spacial score (nSPS) is 27.8. The maximum atomic E-state index is 12.0. The largest absolute Gasteiger partial charge is 0.373 e. The van der Waals surface area contributed by atoms with Crippen molar-refractivity contribution >= 4 is 15.9 Å². The van der Waals surface area contributed by atoms with Crippen LogP contribution in [-0.4, -0.2) is 55.2 Å². The number of hydrogen-bond donors (Lipinski definition) is 1. The molecule has 0 spiro atoms. The minimum absolute atomic E-state index is 0.0567. The molecule has 0 aromatic carbocycles. The zero-order chi connectivity index (χ0) is 16.4. The number of nitrogens with zero attached hydrogens (tertiary/aromatic N) is 2. The van der Waals surface area contributed by atoms with Crippen LogP contribution in [-0.2, 0) is 26.1 Å². The molecule has 0 aliphatic carbocycles. The summed E-state index contributed by atoms with van der Waals surface area (Å²) in [7, 11) is -3.16. The third-order valence-electron chi connectivity index (χ3n) is 4.37. The Bertz CT molecular complexity index is 651. The molecule has 1 N–H and O–H groups in total. The molecule has 2 saturated heterocycles. The van der Waals surface area contributed by atoms with E-state index in [9.17, 15) is 13.2 Å². The van der Waals surface area contributed by atoms with E-state index in [1.165, 1.54) is 10.6 Å². The number of ether oxygens (including phenoxy) is 1. The molecular weight excluding hydrogens is 318 g/mol. The first kappa shape index (κ1) is 16.4. The van der Waals surface area contributed by atoms with Crippen molar-refractivity contribution in [1.29, 1.82) is 0 Å². The third kappa shape index (κ3) is 4.07. The summed E-state index contributed by atoms with van der Waals surface area (Å²) in [4.78, 5) is 16.0. The Morgan fingerprint density at radius 1 is 1.48 bits per heavy atom. The highest BCUT2D eigenvalue weighted by Crippen LogP contribution is 2.35. The molecule has 2 fully saturated rings. The standard InChI is InChI=1S/C15H21N3O4S/c1-23(20,21)18-9-12-5-13(22-14(12)10-18)6-15(19)17-8-11-3-2-4-16-7-11/h2-4,7,12-14H,5-6,8-10H2,1H3,(H,17,19)/t12-,13+,14+/m1/s1. The molecule has 2 aliphatic heterocycles. The minimum atomic E-state index is -3.16. The van der Waals surface area contributed by atoms with Crippen molar-refractivity contribution in [1.82, 2.24) is 14.6 Å². The molecular formula is C15H21N3O4S. The lowest BCUT2D eigenvalue weighted by Crippen LogP contribution is -2.32. The van der Waals surface area contributed by atoms with Crippen LogP contribution in [0.15, 0.2) is 24.5 Å². The number of amides is 1. The predicted molar refractivity (Wildman–Crippen MR) is 83.9 cm³/mol. The van der Waals surface area contributed by atoms with Crippen LogP contribution < -0.4 is 5.32 Å². The van der Waals surface area contributed by atoms with Crippen molar-refractivity contribution in [3.8, 4) is 0 Å². The van der Waals surface area contributed by atoms with Gasteiger partial charge < -0.3 is 10.1 Å². The maximum Gasteiger partial charge on any atom is 0.222 e. The van der Waals surface area contributed by atoms with Gasteiger partial charge in [-0.1, -0.05) is 6.07 Å². The fourth-order valence-electron chi connectivity index (χ4n) is 3.21. The van der Waals surface area contributed by atoms with Gasteiger partial charge in [-0.3, -0.25) is 9.78 Å². The smallest absolute Gasteiger partial charge is 0.222 e. The van der Waals surface area contributed by atoms with Gasteiger partial charge in [-0.15, -0.1) is 0 Å². The van der Waals surface area contributed by atoms with E-state index in [0.717, 1.165) is 12.0 Å². The summed E-state index contributed by atoms with van der Waals surface area (Å²) in [5.41, 5.74) is 0.953. The number of nitrogens with one attached hydrogen (secondary N) is 1. The first-order chi connectivity index (χ1) is 10.9. The number of rotatable bonds is 5. The van der Waals surface area contributed by atoms with Gasteiger partial charge in [0.15, 0.2) is 0 Å². The molecule has 3 atom stereocenters. The van der Waals surface area contributed by atoms with E-state index in [2.05, 4.69) is 10.3 Å². The van der Waals surface area contributed by atoms with Gasteiger partial charge in [-0.25, -0.2) is 8.42 Å². The molecule has 23 heavy (non-hydrogen) atoms. The summed E-state index contributed by atoms with van der Waals surface area (Å²) in [5, 5.41) is 2.86. The number of sulfonamides is 1. The number of fused-ring (bicyclic) bond motifs is 1. The molecule has 3 heterocycles. The lowest BCUT2D eigenvalue weighted by atomic mass is 10.0. The quantitative estimate of drug-likeness (QED) is 0.824. The number of carbonyl (C=O) groups is 1. The highest BCUT2D eigenvalue weighted by Gasteiger charge is 2.44. The van der Waals surface area contributed by atoms with Gasteiger partial charge in [0.1, 0.15) is 0 Å². The number of pyridine rings is 1. The molecule has 0 unspecified atom stereocenters. The van der Waals surface area contributed by atoms with Crippen LogP contribution >= 0.6 is 0 Å². The van der Waals surface area contributed by atoms with Gasteiger partial charge in [-0.2, -0.15) is 4.31 Å². The van der Waals surface area contributed by atoms with Gasteiger partial charge in [0.05, 0.1) is 24.9 Å². The van der Waals surface area contributed by atoms with Crippen molar-refractivity contribution in [2.24, 2.45) is 5.92 Å². The summed E-state index contributed by atoms with van der Waals surface area (Å²) >= 11 is 0. The summed E-state index contributed by atoms with van der Waals surface area (Å²) in [6.45, 7) is 1.35. The Hall–Kier alpha value is -1.51. The molecule has 126 valence electrons. The summed E-state index contributed by atoms with van der Waals surface area (Å²) in [5.74, 6) is 0.139. The van der Waals surface area contributed by atoms with Gasteiger partial charge in [0.25, 0.3) is 0 Å². The lowest BCUT2D eigenvalue weighted by Gasteiger charge is -2.17. The van der Waals surface area contributed by atoms with Gasteiger partial charge in [0, 0.05) is 37.9 Å². The molecule has 2 aliphatic rings. The number of aromatic nitrogens is 1. The first-order valence-corrected chi connectivity index (χ1v) is 9.53. The van der Waals surface area contributed by atoms with Crippen LogP contribution in [0.5, 0.6) is 0 Å². The van der Waals surface area contributed by atoms with Crippen molar-refractivity contribution in [2.75, 3.05) is 19.3 Å². The second-order valence-corrected chi connectivity index (χ2v) is 8.20. The van der Waals surface area contributed by atoms with E-state index in [1.54, 1.807) is 12.4 Å². The Labute approximate surface area is 136 Å². The van der Waals surface area contributed by atoms with E-state index in [0.29, 0.717) is 26.1 Å². The highest BCUT2D eigenvalue weighted by molar-refractivity contribution is 7.88. The molecule has 3 rings (SSSR count). The van der Waals surface area contributed by atoms with E-state index < -0.39 is 10.0 Å². The zero-order valence-corrected chi connectivity index (χ0v) is 13.8.